The maximum Gasteiger partial charge on any atom is 0.408 e. The number of allylic oxidation sites excluding steroid dienone is 2. The molecule has 1 N–H and O–H groups in total. The molecule has 0 saturated heterocycles. The molecular weight excluding hydrogens is 242 g/mol. The third-order valence-corrected chi connectivity index (χ3v) is 3.19. The van der Waals surface area contributed by atoms with E-state index < -0.39 is 17.2 Å². The van der Waals surface area contributed by atoms with Crippen molar-refractivity contribution in [1.29, 1.82) is 0 Å². The van der Waals surface area contributed by atoms with Gasteiger partial charge in [-0.15, -0.1) is 0 Å². The van der Waals surface area contributed by atoms with E-state index in [0.29, 0.717) is 0 Å². The van der Waals surface area contributed by atoms with Gasteiger partial charge in [-0.25, -0.2) is 4.79 Å². The minimum absolute atomic E-state index is 0.0649. The van der Waals surface area contributed by atoms with Gasteiger partial charge in [0.25, 0.3) is 0 Å². The van der Waals surface area contributed by atoms with Crippen LogP contribution >= 0.6 is 0 Å². The second kappa shape index (κ2) is 5.59. The smallest absolute Gasteiger partial charge is 0.408 e. The molecule has 0 bridgehead atoms. The minimum Gasteiger partial charge on any atom is -0.444 e. The number of carbonyl (C=O) groups is 2. The summed E-state index contributed by atoms with van der Waals surface area (Å²) >= 11 is 0. The Hall–Kier alpha value is -1.58. The zero-order valence-corrected chi connectivity index (χ0v) is 12.3. The molecule has 0 radical (unpaired) electrons. The summed E-state index contributed by atoms with van der Waals surface area (Å²) in [5, 5.41) is 2.87. The molecule has 4 nitrogen and oxygen atoms in total. The van der Waals surface area contributed by atoms with Crippen molar-refractivity contribution in [3.63, 3.8) is 0 Å². The third kappa shape index (κ3) is 4.23. The highest BCUT2D eigenvalue weighted by molar-refractivity contribution is 6.00. The van der Waals surface area contributed by atoms with Crippen LogP contribution in [-0.4, -0.2) is 23.0 Å². The van der Waals surface area contributed by atoms with Crippen molar-refractivity contribution in [2.75, 3.05) is 0 Å². The van der Waals surface area contributed by atoms with Gasteiger partial charge in [0.15, 0.2) is 5.78 Å². The maximum atomic E-state index is 11.9. The molecule has 1 unspecified atom stereocenters. The SMILES string of the molecule is CCC(C)C1(NC(=O)OC(C)(C)C)C=CC(=O)C=C1. The Morgan fingerprint density at radius 1 is 1.37 bits per heavy atom. The largest absolute Gasteiger partial charge is 0.444 e. The molecule has 0 fully saturated rings. The predicted octanol–water partition coefficient (Wildman–Crippen LogP) is 2.99. The van der Waals surface area contributed by atoms with Crippen LogP contribution in [0.5, 0.6) is 0 Å². The molecule has 1 atom stereocenters. The van der Waals surface area contributed by atoms with Gasteiger partial charge >= 0.3 is 6.09 Å². The fourth-order valence-electron chi connectivity index (χ4n) is 1.90. The molecule has 19 heavy (non-hydrogen) atoms. The fraction of sp³-hybridized carbons (Fsp3) is 0.600. The summed E-state index contributed by atoms with van der Waals surface area (Å²) in [5.74, 6) is 0.102. The lowest BCUT2D eigenvalue weighted by Crippen LogP contribution is -2.52. The first-order valence-electron chi connectivity index (χ1n) is 6.62. The Morgan fingerprint density at radius 3 is 2.32 bits per heavy atom. The normalized spacial score (nSPS) is 19.1. The summed E-state index contributed by atoms with van der Waals surface area (Å²) in [5.41, 5.74) is -1.19. The van der Waals surface area contributed by atoms with E-state index >= 15 is 0 Å². The lowest BCUT2D eigenvalue weighted by molar-refractivity contribution is -0.110. The number of nitrogens with one attached hydrogen (secondary N) is 1. The van der Waals surface area contributed by atoms with Crippen LogP contribution in [0.3, 0.4) is 0 Å². The second-order valence-corrected chi connectivity index (χ2v) is 5.94. The van der Waals surface area contributed by atoms with Crippen LogP contribution in [0.4, 0.5) is 4.79 Å². The maximum absolute atomic E-state index is 11.9. The number of ketones is 1. The van der Waals surface area contributed by atoms with E-state index in [1.165, 1.54) is 12.2 Å². The van der Waals surface area contributed by atoms with E-state index in [9.17, 15) is 9.59 Å². The van der Waals surface area contributed by atoms with Gasteiger partial charge in [0.05, 0.1) is 5.54 Å². The first-order chi connectivity index (χ1) is 8.68. The van der Waals surface area contributed by atoms with Crippen molar-refractivity contribution in [3.05, 3.63) is 24.3 Å². The molecule has 0 aromatic rings. The van der Waals surface area contributed by atoms with Crippen molar-refractivity contribution in [2.24, 2.45) is 5.92 Å². The molecule has 0 aromatic heterocycles. The van der Waals surface area contributed by atoms with Crippen LogP contribution in [0.2, 0.25) is 0 Å². The Kier molecular flexibility index (Phi) is 4.56. The highest BCUT2D eigenvalue weighted by Crippen LogP contribution is 2.27. The van der Waals surface area contributed by atoms with Crippen LogP contribution in [0.25, 0.3) is 0 Å². The highest BCUT2D eigenvalue weighted by atomic mass is 16.6. The Balaban J connectivity index is 2.89. The number of carbonyl (C=O) groups excluding carboxylic acids is 2. The van der Waals surface area contributed by atoms with Crippen LogP contribution < -0.4 is 5.32 Å². The topological polar surface area (TPSA) is 55.4 Å². The fourth-order valence-corrected chi connectivity index (χ4v) is 1.90. The molecule has 1 aliphatic carbocycles. The zero-order chi connectivity index (χ0) is 14.7. The quantitative estimate of drug-likeness (QED) is 0.853. The zero-order valence-electron chi connectivity index (χ0n) is 12.3. The lowest BCUT2D eigenvalue weighted by Gasteiger charge is -2.36. The number of ether oxygens (including phenoxy) is 1. The minimum atomic E-state index is -0.648. The van der Waals surface area contributed by atoms with Crippen LogP contribution in [-0.2, 0) is 9.53 Å². The van der Waals surface area contributed by atoms with E-state index in [2.05, 4.69) is 5.32 Å². The molecule has 1 amide bonds. The number of hydrogen-bond acceptors (Lipinski definition) is 3. The van der Waals surface area contributed by atoms with Gasteiger partial charge in [-0.05, 0) is 38.8 Å². The summed E-state index contributed by atoms with van der Waals surface area (Å²) in [6, 6.07) is 0. The van der Waals surface area contributed by atoms with Crippen LogP contribution in [0.15, 0.2) is 24.3 Å². The van der Waals surface area contributed by atoms with Crippen molar-refractivity contribution < 1.29 is 14.3 Å². The molecule has 0 saturated carbocycles. The number of rotatable bonds is 3. The van der Waals surface area contributed by atoms with E-state index in [1.807, 2.05) is 34.6 Å². The van der Waals surface area contributed by atoms with Crippen molar-refractivity contribution in [3.8, 4) is 0 Å². The van der Waals surface area contributed by atoms with Gasteiger partial charge in [0, 0.05) is 0 Å². The molecule has 106 valence electrons. The molecule has 4 heteroatoms. The summed E-state index contributed by atoms with van der Waals surface area (Å²) in [7, 11) is 0. The standard InChI is InChI=1S/C15H23NO3/c1-6-11(2)15(9-7-12(17)8-10-15)16-13(18)19-14(3,4)5/h7-11H,6H2,1-5H3,(H,16,18). The van der Waals surface area contributed by atoms with Gasteiger partial charge in [-0.1, -0.05) is 32.4 Å². The highest BCUT2D eigenvalue weighted by Gasteiger charge is 2.35. The summed E-state index contributed by atoms with van der Waals surface area (Å²) in [4.78, 5) is 23.2. The van der Waals surface area contributed by atoms with Gasteiger partial charge in [-0.2, -0.15) is 0 Å². The molecular formula is C15H23NO3. The van der Waals surface area contributed by atoms with Gasteiger partial charge in [-0.3, -0.25) is 4.79 Å². The Labute approximate surface area is 114 Å². The summed E-state index contributed by atoms with van der Waals surface area (Å²) < 4.78 is 5.28. The molecule has 1 aliphatic rings. The van der Waals surface area contributed by atoms with Crippen molar-refractivity contribution >= 4 is 11.9 Å². The molecule has 1 rings (SSSR count). The molecule has 0 aliphatic heterocycles. The van der Waals surface area contributed by atoms with E-state index in [-0.39, 0.29) is 11.7 Å². The third-order valence-electron chi connectivity index (χ3n) is 3.19. The van der Waals surface area contributed by atoms with Crippen LogP contribution in [0, 0.1) is 5.92 Å². The van der Waals surface area contributed by atoms with Gasteiger partial charge in [0.1, 0.15) is 5.60 Å². The molecule has 0 heterocycles. The van der Waals surface area contributed by atoms with Gasteiger partial charge < -0.3 is 10.1 Å². The predicted molar refractivity (Wildman–Crippen MR) is 74.8 cm³/mol. The second-order valence-electron chi connectivity index (χ2n) is 5.94. The van der Waals surface area contributed by atoms with Crippen molar-refractivity contribution in [1.82, 2.24) is 5.32 Å². The monoisotopic (exact) mass is 265 g/mol. The first kappa shape index (κ1) is 15.5. The Morgan fingerprint density at radius 2 is 1.89 bits per heavy atom. The summed E-state index contributed by atoms with van der Waals surface area (Å²) in [6.45, 7) is 9.53. The van der Waals surface area contributed by atoms with E-state index in [0.717, 1.165) is 6.42 Å². The number of amides is 1. The average molecular weight is 265 g/mol. The van der Waals surface area contributed by atoms with E-state index in [1.54, 1.807) is 12.2 Å². The van der Waals surface area contributed by atoms with E-state index in [4.69, 9.17) is 4.74 Å². The number of hydrogen-bond donors (Lipinski definition) is 1. The first-order valence-corrected chi connectivity index (χ1v) is 6.62. The van der Waals surface area contributed by atoms with Crippen molar-refractivity contribution in [2.45, 2.75) is 52.2 Å². The summed E-state index contributed by atoms with van der Waals surface area (Å²) in [6.07, 6.45) is 6.86. The van der Waals surface area contributed by atoms with Crippen LogP contribution in [0.1, 0.15) is 41.0 Å². The van der Waals surface area contributed by atoms with Gasteiger partial charge in [0.2, 0.25) is 0 Å². The lowest BCUT2D eigenvalue weighted by atomic mass is 9.80. The average Bonchev–Trinajstić information content (AvgIpc) is 2.29. The number of alkyl carbamates (subject to hydrolysis) is 1. The molecule has 0 aromatic carbocycles. The Bertz CT molecular complexity index is 400. The molecule has 0 spiro atoms.